The van der Waals surface area contributed by atoms with Crippen molar-refractivity contribution in [3.05, 3.63) is 60.0 Å². The van der Waals surface area contributed by atoms with Crippen molar-refractivity contribution in [1.29, 1.82) is 0 Å². The van der Waals surface area contributed by atoms with E-state index in [1.165, 1.54) is 0 Å². The maximum Gasteiger partial charge on any atom is 0.223 e. The molecule has 5 heteroatoms. The lowest BCUT2D eigenvalue weighted by Gasteiger charge is -2.10. The van der Waals surface area contributed by atoms with Gasteiger partial charge in [0.15, 0.2) is 0 Å². The molecule has 0 saturated carbocycles. The molecule has 0 amide bonds. The SMILES string of the molecule is COc1ccccc1COc1ccc(-c2noc(C)n2)cc1. The zero-order valence-electron chi connectivity index (χ0n) is 12.4. The maximum absolute atomic E-state index is 5.79. The molecular formula is C17H16N2O3. The highest BCUT2D eigenvalue weighted by Gasteiger charge is 2.06. The number of benzene rings is 2. The Bertz CT molecular complexity index is 751. The van der Waals surface area contributed by atoms with Crippen molar-refractivity contribution in [2.24, 2.45) is 0 Å². The molecule has 22 heavy (non-hydrogen) atoms. The summed E-state index contributed by atoms with van der Waals surface area (Å²) in [4.78, 5) is 4.19. The van der Waals surface area contributed by atoms with Gasteiger partial charge in [-0.2, -0.15) is 4.98 Å². The van der Waals surface area contributed by atoms with Crippen LogP contribution in [0.15, 0.2) is 53.1 Å². The van der Waals surface area contributed by atoms with Crippen LogP contribution >= 0.6 is 0 Å². The summed E-state index contributed by atoms with van der Waals surface area (Å²) < 4.78 is 16.1. The maximum atomic E-state index is 5.79. The first-order chi connectivity index (χ1) is 10.8. The fraction of sp³-hybridized carbons (Fsp3) is 0.176. The number of methoxy groups -OCH3 is 1. The van der Waals surface area contributed by atoms with E-state index in [0.717, 1.165) is 22.6 Å². The Morgan fingerprint density at radius 1 is 1.05 bits per heavy atom. The van der Waals surface area contributed by atoms with Crippen molar-refractivity contribution >= 4 is 0 Å². The van der Waals surface area contributed by atoms with Gasteiger partial charge in [0.25, 0.3) is 0 Å². The Morgan fingerprint density at radius 3 is 2.50 bits per heavy atom. The molecule has 0 aliphatic carbocycles. The number of ether oxygens (including phenoxy) is 2. The Labute approximate surface area is 128 Å². The van der Waals surface area contributed by atoms with Crippen LogP contribution in [-0.4, -0.2) is 17.3 Å². The van der Waals surface area contributed by atoms with Crippen LogP contribution in [0.4, 0.5) is 0 Å². The lowest BCUT2D eigenvalue weighted by molar-refractivity contribution is 0.296. The number of aromatic nitrogens is 2. The van der Waals surface area contributed by atoms with Crippen LogP contribution in [0.2, 0.25) is 0 Å². The van der Waals surface area contributed by atoms with E-state index in [1.54, 1.807) is 14.0 Å². The van der Waals surface area contributed by atoms with Crippen molar-refractivity contribution < 1.29 is 14.0 Å². The second-order valence-corrected chi connectivity index (χ2v) is 4.76. The molecule has 3 aromatic rings. The minimum atomic E-state index is 0.449. The number of hydrogen-bond acceptors (Lipinski definition) is 5. The molecule has 0 saturated heterocycles. The highest BCUT2D eigenvalue weighted by Crippen LogP contribution is 2.23. The average Bonchev–Trinajstić information content (AvgIpc) is 3.00. The molecule has 0 aliphatic heterocycles. The van der Waals surface area contributed by atoms with Gasteiger partial charge in [0, 0.05) is 18.1 Å². The zero-order chi connectivity index (χ0) is 15.4. The average molecular weight is 296 g/mol. The van der Waals surface area contributed by atoms with Crippen molar-refractivity contribution in [1.82, 2.24) is 10.1 Å². The van der Waals surface area contributed by atoms with Crippen LogP contribution in [0, 0.1) is 6.92 Å². The largest absolute Gasteiger partial charge is 0.496 e. The molecule has 0 N–H and O–H groups in total. The number of nitrogens with zero attached hydrogens (tertiary/aromatic N) is 2. The summed E-state index contributed by atoms with van der Waals surface area (Å²) in [5.41, 5.74) is 1.89. The predicted octanol–water partition coefficient (Wildman–Crippen LogP) is 3.63. The summed E-state index contributed by atoms with van der Waals surface area (Å²) in [6.45, 7) is 2.21. The summed E-state index contributed by atoms with van der Waals surface area (Å²) in [6, 6.07) is 15.4. The molecule has 0 fully saturated rings. The summed E-state index contributed by atoms with van der Waals surface area (Å²) >= 11 is 0. The summed E-state index contributed by atoms with van der Waals surface area (Å²) in [7, 11) is 1.65. The van der Waals surface area contributed by atoms with E-state index in [4.69, 9.17) is 14.0 Å². The van der Waals surface area contributed by atoms with Crippen molar-refractivity contribution in [2.45, 2.75) is 13.5 Å². The zero-order valence-corrected chi connectivity index (χ0v) is 12.4. The first-order valence-electron chi connectivity index (χ1n) is 6.91. The summed E-state index contributed by atoms with van der Waals surface area (Å²) in [5, 5.41) is 3.89. The normalized spacial score (nSPS) is 10.5. The molecule has 112 valence electrons. The molecular weight excluding hydrogens is 280 g/mol. The van der Waals surface area contributed by atoms with Gasteiger partial charge in [-0.3, -0.25) is 0 Å². The molecule has 0 bridgehead atoms. The van der Waals surface area contributed by atoms with Gasteiger partial charge in [-0.25, -0.2) is 0 Å². The topological polar surface area (TPSA) is 57.4 Å². The molecule has 1 aromatic heterocycles. The molecule has 1 heterocycles. The van der Waals surface area contributed by atoms with Gasteiger partial charge in [-0.15, -0.1) is 0 Å². The van der Waals surface area contributed by atoms with Gasteiger partial charge in [0.05, 0.1) is 7.11 Å². The minimum Gasteiger partial charge on any atom is -0.496 e. The smallest absolute Gasteiger partial charge is 0.223 e. The van der Waals surface area contributed by atoms with Gasteiger partial charge in [-0.1, -0.05) is 23.4 Å². The van der Waals surface area contributed by atoms with E-state index in [2.05, 4.69) is 10.1 Å². The van der Waals surface area contributed by atoms with Gasteiger partial charge in [0.2, 0.25) is 11.7 Å². The Kier molecular flexibility index (Phi) is 4.05. The summed E-state index contributed by atoms with van der Waals surface area (Å²) in [5.74, 6) is 2.72. The number of para-hydroxylation sites is 1. The quantitative estimate of drug-likeness (QED) is 0.719. The van der Waals surface area contributed by atoms with E-state index in [0.29, 0.717) is 18.3 Å². The fourth-order valence-corrected chi connectivity index (χ4v) is 2.10. The third kappa shape index (κ3) is 3.09. The van der Waals surface area contributed by atoms with E-state index >= 15 is 0 Å². The van der Waals surface area contributed by atoms with E-state index < -0.39 is 0 Å². The van der Waals surface area contributed by atoms with Gasteiger partial charge >= 0.3 is 0 Å². The molecule has 5 nitrogen and oxygen atoms in total. The van der Waals surface area contributed by atoms with E-state index in [-0.39, 0.29) is 0 Å². The minimum absolute atomic E-state index is 0.449. The fourth-order valence-electron chi connectivity index (χ4n) is 2.10. The number of rotatable bonds is 5. The molecule has 0 atom stereocenters. The highest BCUT2D eigenvalue weighted by molar-refractivity contribution is 5.55. The molecule has 0 spiro atoms. The monoisotopic (exact) mass is 296 g/mol. The number of hydrogen-bond donors (Lipinski definition) is 0. The van der Waals surface area contributed by atoms with Crippen molar-refractivity contribution in [2.75, 3.05) is 7.11 Å². The lowest BCUT2D eigenvalue weighted by atomic mass is 10.2. The van der Waals surface area contributed by atoms with Crippen molar-refractivity contribution in [3.8, 4) is 22.9 Å². The second kappa shape index (κ2) is 6.30. The molecule has 2 aromatic carbocycles. The third-order valence-electron chi connectivity index (χ3n) is 3.23. The third-order valence-corrected chi connectivity index (χ3v) is 3.23. The first kappa shape index (κ1) is 14.1. The van der Waals surface area contributed by atoms with Gasteiger partial charge in [-0.05, 0) is 30.3 Å². The van der Waals surface area contributed by atoms with E-state index in [9.17, 15) is 0 Å². The van der Waals surface area contributed by atoms with Crippen LogP contribution in [0.5, 0.6) is 11.5 Å². The van der Waals surface area contributed by atoms with Crippen LogP contribution < -0.4 is 9.47 Å². The lowest BCUT2D eigenvalue weighted by Crippen LogP contribution is -1.98. The molecule has 0 radical (unpaired) electrons. The summed E-state index contributed by atoms with van der Waals surface area (Å²) in [6.07, 6.45) is 0. The molecule has 0 aliphatic rings. The first-order valence-corrected chi connectivity index (χ1v) is 6.91. The van der Waals surface area contributed by atoms with E-state index in [1.807, 2.05) is 48.5 Å². The Hall–Kier alpha value is -2.82. The van der Waals surface area contributed by atoms with Crippen molar-refractivity contribution in [3.63, 3.8) is 0 Å². The van der Waals surface area contributed by atoms with Crippen LogP contribution in [0.3, 0.4) is 0 Å². The van der Waals surface area contributed by atoms with Gasteiger partial charge < -0.3 is 14.0 Å². The standard InChI is InChI=1S/C17H16N2O3/c1-12-18-17(19-22-12)13-7-9-15(10-8-13)21-11-14-5-3-4-6-16(14)20-2/h3-10H,11H2,1-2H3. The molecule has 0 unspecified atom stereocenters. The Morgan fingerprint density at radius 2 is 1.82 bits per heavy atom. The Balaban J connectivity index is 1.69. The predicted molar refractivity (Wildman–Crippen MR) is 81.8 cm³/mol. The van der Waals surface area contributed by atoms with Gasteiger partial charge in [0.1, 0.15) is 18.1 Å². The number of aryl methyl sites for hydroxylation is 1. The van der Waals surface area contributed by atoms with Crippen LogP contribution in [0.1, 0.15) is 11.5 Å². The second-order valence-electron chi connectivity index (χ2n) is 4.76. The highest BCUT2D eigenvalue weighted by atomic mass is 16.5. The van der Waals surface area contributed by atoms with Crippen LogP contribution in [-0.2, 0) is 6.61 Å². The molecule has 3 rings (SSSR count). The van der Waals surface area contributed by atoms with Crippen LogP contribution in [0.25, 0.3) is 11.4 Å².